The Balaban J connectivity index is 0.00000162. The van der Waals surface area contributed by atoms with E-state index in [2.05, 4.69) is 27.2 Å². The summed E-state index contributed by atoms with van der Waals surface area (Å²) in [4.78, 5) is 8.98. The van der Waals surface area contributed by atoms with Gasteiger partial charge in [-0.25, -0.2) is 0 Å². The molecule has 2 aliphatic heterocycles. The van der Waals surface area contributed by atoms with Crippen molar-refractivity contribution in [1.29, 1.82) is 0 Å². The molecular formula is C12H25IN4O. The minimum Gasteiger partial charge on any atom is -0.374 e. The summed E-state index contributed by atoms with van der Waals surface area (Å²) in [5.74, 6) is 1.03. The number of rotatable bonds is 2. The first kappa shape index (κ1) is 16.0. The van der Waals surface area contributed by atoms with Crippen molar-refractivity contribution < 1.29 is 4.74 Å². The minimum absolute atomic E-state index is 0. The Hall–Kier alpha value is -0.0800. The number of hydrogen-bond acceptors (Lipinski definition) is 3. The van der Waals surface area contributed by atoms with E-state index in [0.717, 1.165) is 45.3 Å². The van der Waals surface area contributed by atoms with Crippen LogP contribution in [0.2, 0.25) is 0 Å². The number of hydrogen-bond donors (Lipinski definition) is 1. The molecule has 2 rings (SSSR count). The van der Waals surface area contributed by atoms with Gasteiger partial charge in [-0.2, -0.15) is 0 Å². The van der Waals surface area contributed by atoms with E-state index in [-0.39, 0.29) is 30.1 Å². The Morgan fingerprint density at radius 2 is 2.06 bits per heavy atom. The Morgan fingerprint density at radius 3 is 2.67 bits per heavy atom. The van der Waals surface area contributed by atoms with E-state index >= 15 is 0 Å². The average Bonchev–Trinajstić information content (AvgIpc) is 2.84. The standard InChI is InChI=1S/C12H24N4O.HI/c1-13-12(16-5-3-4-6-16)14-9-11-10-15(2)7-8-17-11;/h11H,3-10H2,1-2H3,(H,13,14);1H. The lowest BCUT2D eigenvalue weighted by Gasteiger charge is -2.31. The summed E-state index contributed by atoms with van der Waals surface area (Å²) in [5.41, 5.74) is 0. The molecule has 2 aliphatic rings. The van der Waals surface area contributed by atoms with Crippen molar-refractivity contribution in [2.24, 2.45) is 4.99 Å². The molecule has 0 aromatic rings. The number of ether oxygens (including phenoxy) is 1. The Morgan fingerprint density at radius 1 is 1.33 bits per heavy atom. The number of guanidine groups is 1. The smallest absolute Gasteiger partial charge is 0.193 e. The summed E-state index contributed by atoms with van der Waals surface area (Å²) in [5, 5.41) is 3.43. The van der Waals surface area contributed by atoms with Gasteiger partial charge in [0.25, 0.3) is 0 Å². The molecule has 5 nitrogen and oxygen atoms in total. The zero-order chi connectivity index (χ0) is 12.1. The molecule has 0 aliphatic carbocycles. The third-order valence-corrected chi connectivity index (χ3v) is 3.45. The molecule has 0 saturated carbocycles. The highest BCUT2D eigenvalue weighted by atomic mass is 127. The Bertz CT molecular complexity index is 269. The zero-order valence-corrected chi connectivity index (χ0v) is 13.7. The highest BCUT2D eigenvalue weighted by Crippen LogP contribution is 2.07. The van der Waals surface area contributed by atoms with Crippen LogP contribution in [0.1, 0.15) is 12.8 Å². The van der Waals surface area contributed by atoms with Gasteiger partial charge in [0.15, 0.2) is 5.96 Å². The lowest BCUT2D eigenvalue weighted by molar-refractivity contribution is -0.0163. The third-order valence-electron chi connectivity index (χ3n) is 3.45. The van der Waals surface area contributed by atoms with E-state index in [0.29, 0.717) is 0 Å². The summed E-state index contributed by atoms with van der Waals surface area (Å²) in [7, 11) is 4.00. The molecule has 0 aromatic carbocycles. The van der Waals surface area contributed by atoms with Crippen molar-refractivity contribution >= 4 is 29.9 Å². The van der Waals surface area contributed by atoms with Crippen LogP contribution in [-0.4, -0.2) is 75.3 Å². The van der Waals surface area contributed by atoms with E-state index in [4.69, 9.17) is 4.74 Å². The third kappa shape index (κ3) is 4.55. The number of nitrogens with zero attached hydrogens (tertiary/aromatic N) is 3. The first-order valence-corrected chi connectivity index (χ1v) is 6.55. The first-order valence-electron chi connectivity index (χ1n) is 6.55. The van der Waals surface area contributed by atoms with E-state index in [1.165, 1.54) is 12.8 Å². The monoisotopic (exact) mass is 368 g/mol. The number of aliphatic imine (C=N–C) groups is 1. The Kier molecular flexibility index (Phi) is 7.25. The summed E-state index contributed by atoms with van der Waals surface area (Å²) in [6.07, 6.45) is 2.85. The van der Waals surface area contributed by atoms with Crippen LogP contribution in [-0.2, 0) is 4.74 Å². The zero-order valence-electron chi connectivity index (χ0n) is 11.4. The second kappa shape index (κ2) is 8.16. The van der Waals surface area contributed by atoms with Crippen molar-refractivity contribution in [2.75, 3.05) is 53.4 Å². The molecule has 1 N–H and O–H groups in total. The van der Waals surface area contributed by atoms with Crippen LogP contribution >= 0.6 is 24.0 Å². The van der Waals surface area contributed by atoms with Gasteiger partial charge in [-0.1, -0.05) is 0 Å². The van der Waals surface area contributed by atoms with Crippen LogP contribution in [0.15, 0.2) is 4.99 Å². The molecule has 106 valence electrons. The molecule has 1 atom stereocenters. The van der Waals surface area contributed by atoms with Crippen LogP contribution in [0, 0.1) is 0 Å². The van der Waals surface area contributed by atoms with Gasteiger partial charge in [-0.05, 0) is 19.9 Å². The lowest BCUT2D eigenvalue weighted by Crippen LogP contribution is -2.48. The minimum atomic E-state index is 0. The fourth-order valence-electron chi connectivity index (χ4n) is 2.46. The molecule has 0 aromatic heterocycles. The normalized spacial score (nSPS) is 26.0. The van der Waals surface area contributed by atoms with Gasteiger partial charge in [0.1, 0.15) is 0 Å². The van der Waals surface area contributed by atoms with Crippen molar-refractivity contribution in [3.63, 3.8) is 0 Å². The van der Waals surface area contributed by atoms with Gasteiger partial charge in [-0.15, -0.1) is 24.0 Å². The van der Waals surface area contributed by atoms with Crippen molar-refractivity contribution in [1.82, 2.24) is 15.1 Å². The summed E-state index contributed by atoms with van der Waals surface area (Å²) in [6.45, 7) is 6.00. The predicted molar refractivity (Wildman–Crippen MR) is 84.8 cm³/mol. The molecule has 18 heavy (non-hydrogen) atoms. The van der Waals surface area contributed by atoms with Crippen LogP contribution in [0.5, 0.6) is 0 Å². The van der Waals surface area contributed by atoms with E-state index in [1.807, 2.05) is 7.05 Å². The molecular weight excluding hydrogens is 343 g/mol. The van der Waals surface area contributed by atoms with E-state index < -0.39 is 0 Å². The van der Waals surface area contributed by atoms with Crippen LogP contribution < -0.4 is 5.32 Å². The first-order chi connectivity index (χ1) is 8.29. The maximum absolute atomic E-state index is 5.73. The van der Waals surface area contributed by atoms with Crippen LogP contribution in [0.3, 0.4) is 0 Å². The number of nitrogens with one attached hydrogen (secondary N) is 1. The fraction of sp³-hybridized carbons (Fsp3) is 0.917. The summed E-state index contributed by atoms with van der Waals surface area (Å²) < 4.78 is 5.73. The van der Waals surface area contributed by atoms with E-state index in [1.54, 1.807) is 0 Å². The maximum Gasteiger partial charge on any atom is 0.193 e. The summed E-state index contributed by atoms with van der Waals surface area (Å²) in [6, 6.07) is 0. The second-order valence-electron chi connectivity index (χ2n) is 4.88. The summed E-state index contributed by atoms with van der Waals surface area (Å²) >= 11 is 0. The molecule has 2 saturated heterocycles. The SMILES string of the molecule is CN=C(NCC1CN(C)CCO1)N1CCCC1.I. The fourth-order valence-corrected chi connectivity index (χ4v) is 2.46. The Labute approximate surface area is 127 Å². The van der Waals surface area contributed by atoms with Crippen LogP contribution in [0.4, 0.5) is 0 Å². The molecule has 1 unspecified atom stereocenters. The predicted octanol–water partition coefficient (Wildman–Crippen LogP) is 0.606. The van der Waals surface area contributed by atoms with Crippen LogP contribution in [0.25, 0.3) is 0 Å². The molecule has 0 amide bonds. The molecule has 2 heterocycles. The molecule has 2 fully saturated rings. The highest BCUT2D eigenvalue weighted by Gasteiger charge is 2.20. The molecule has 0 bridgehead atoms. The molecule has 6 heteroatoms. The molecule has 0 radical (unpaired) electrons. The number of likely N-dealkylation sites (N-methyl/N-ethyl adjacent to an activating group) is 1. The topological polar surface area (TPSA) is 40.1 Å². The average molecular weight is 368 g/mol. The highest BCUT2D eigenvalue weighted by molar-refractivity contribution is 14.0. The van der Waals surface area contributed by atoms with E-state index in [9.17, 15) is 0 Å². The molecule has 0 spiro atoms. The van der Waals surface area contributed by atoms with Crippen molar-refractivity contribution in [3.8, 4) is 0 Å². The lowest BCUT2D eigenvalue weighted by atomic mass is 10.3. The van der Waals surface area contributed by atoms with Crippen molar-refractivity contribution in [3.05, 3.63) is 0 Å². The van der Waals surface area contributed by atoms with Gasteiger partial charge >= 0.3 is 0 Å². The van der Waals surface area contributed by atoms with Gasteiger partial charge in [-0.3, -0.25) is 4.99 Å². The van der Waals surface area contributed by atoms with Gasteiger partial charge in [0.05, 0.1) is 12.7 Å². The number of halogens is 1. The maximum atomic E-state index is 5.73. The number of likely N-dealkylation sites (tertiary alicyclic amines) is 1. The van der Waals surface area contributed by atoms with Crippen molar-refractivity contribution in [2.45, 2.75) is 18.9 Å². The number of morpholine rings is 1. The largest absolute Gasteiger partial charge is 0.374 e. The van der Waals surface area contributed by atoms with Gasteiger partial charge < -0.3 is 19.9 Å². The quantitative estimate of drug-likeness (QED) is 0.441. The van der Waals surface area contributed by atoms with Gasteiger partial charge in [0.2, 0.25) is 0 Å². The second-order valence-corrected chi connectivity index (χ2v) is 4.88. The van der Waals surface area contributed by atoms with Gasteiger partial charge in [0, 0.05) is 39.8 Å².